The number of likely N-dealkylation sites (tertiary alicyclic amines) is 1. The van der Waals surface area contributed by atoms with Crippen LogP contribution in [0.3, 0.4) is 0 Å². The maximum atomic E-state index is 12.6. The molecule has 3 rings (SSSR count). The van der Waals surface area contributed by atoms with Gasteiger partial charge in [-0.2, -0.15) is 5.10 Å². The molecule has 0 spiro atoms. The summed E-state index contributed by atoms with van der Waals surface area (Å²) >= 11 is 0. The fourth-order valence-electron chi connectivity index (χ4n) is 3.50. The average Bonchev–Trinajstić information content (AvgIpc) is 3.06. The van der Waals surface area contributed by atoms with Gasteiger partial charge in [0.25, 0.3) is 0 Å². The van der Waals surface area contributed by atoms with E-state index in [4.69, 9.17) is 0 Å². The number of carbonyl (C=O) groups excluding carboxylic acids is 1. The van der Waals surface area contributed by atoms with Crippen molar-refractivity contribution in [1.82, 2.24) is 25.0 Å². The first-order valence-corrected chi connectivity index (χ1v) is 8.99. The van der Waals surface area contributed by atoms with Crippen molar-refractivity contribution < 1.29 is 4.79 Å². The predicted molar refractivity (Wildman–Crippen MR) is 97.1 cm³/mol. The van der Waals surface area contributed by atoms with Crippen LogP contribution < -0.4 is 0 Å². The number of pyridine rings is 1. The lowest BCUT2D eigenvalue weighted by Gasteiger charge is -2.33. The summed E-state index contributed by atoms with van der Waals surface area (Å²) in [6.45, 7) is 5.26. The Morgan fingerprint density at radius 2 is 2.32 bits per heavy atom. The summed E-state index contributed by atoms with van der Waals surface area (Å²) in [5, 5.41) is 7.23. The lowest BCUT2D eigenvalue weighted by atomic mass is 9.93. The van der Waals surface area contributed by atoms with Crippen molar-refractivity contribution in [3.05, 3.63) is 47.5 Å². The second kappa shape index (κ2) is 8.25. The van der Waals surface area contributed by atoms with Crippen molar-refractivity contribution in [3.63, 3.8) is 0 Å². The number of carbonyl (C=O) groups is 1. The van der Waals surface area contributed by atoms with Crippen LogP contribution in [0.1, 0.15) is 42.1 Å². The normalized spacial score (nSPS) is 17.9. The first-order valence-electron chi connectivity index (χ1n) is 8.99. The van der Waals surface area contributed by atoms with Gasteiger partial charge in [0.05, 0.1) is 11.9 Å². The maximum absolute atomic E-state index is 12.6. The minimum atomic E-state index is 0.245. The molecule has 134 valence electrons. The number of nitrogens with one attached hydrogen (secondary N) is 1. The van der Waals surface area contributed by atoms with E-state index >= 15 is 0 Å². The van der Waals surface area contributed by atoms with Crippen LogP contribution in [0.15, 0.2) is 30.6 Å². The van der Waals surface area contributed by atoms with Crippen LogP contribution in [-0.4, -0.2) is 57.6 Å². The van der Waals surface area contributed by atoms with Gasteiger partial charge >= 0.3 is 0 Å². The summed E-state index contributed by atoms with van der Waals surface area (Å²) in [5.41, 5.74) is 3.41. The van der Waals surface area contributed by atoms with E-state index in [1.54, 1.807) is 6.20 Å². The quantitative estimate of drug-likeness (QED) is 0.876. The van der Waals surface area contributed by atoms with Crippen molar-refractivity contribution in [2.24, 2.45) is 0 Å². The third-order valence-electron chi connectivity index (χ3n) is 4.92. The van der Waals surface area contributed by atoms with Crippen LogP contribution in [-0.2, 0) is 11.3 Å². The molecule has 1 amide bonds. The number of rotatable bonds is 6. The number of H-pyrrole nitrogens is 1. The molecule has 25 heavy (non-hydrogen) atoms. The highest BCUT2D eigenvalue weighted by atomic mass is 16.2. The smallest absolute Gasteiger partial charge is 0.223 e. The molecule has 1 aliphatic rings. The lowest BCUT2D eigenvalue weighted by molar-refractivity contribution is -0.132. The SMILES string of the molecule is Cc1cn[nH]c1C1CCCN(C(=O)CCN(C)Cc2ccccn2)C1. The number of piperidine rings is 1. The molecule has 0 aromatic carbocycles. The summed E-state index contributed by atoms with van der Waals surface area (Å²) in [5.74, 6) is 0.626. The Balaban J connectivity index is 1.48. The largest absolute Gasteiger partial charge is 0.342 e. The molecular weight excluding hydrogens is 314 g/mol. The molecule has 1 unspecified atom stereocenters. The standard InChI is InChI=1S/C19H27N5O/c1-15-12-21-22-19(15)16-6-5-10-24(13-16)18(25)8-11-23(2)14-17-7-3-4-9-20-17/h3-4,7,9,12,16H,5-6,8,10-11,13-14H2,1-2H3,(H,21,22). The number of aromatic amines is 1. The molecule has 0 radical (unpaired) electrons. The molecule has 1 aliphatic heterocycles. The van der Waals surface area contributed by atoms with Gasteiger partial charge in [-0.15, -0.1) is 0 Å². The molecule has 3 heterocycles. The van der Waals surface area contributed by atoms with E-state index in [1.807, 2.05) is 36.3 Å². The van der Waals surface area contributed by atoms with Crippen LogP contribution in [0.4, 0.5) is 0 Å². The first kappa shape index (κ1) is 17.6. The second-order valence-electron chi connectivity index (χ2n) is 6.95. The van der Waals surface area contributed by atoms with Crippen molar-refractivity contribution in [3.8, 4) is 0 Å². The summed E-state index contributed by atoms with van der Waals surface area (Å²) < 4.78 is 0. The molecule has 0 aliphatic carbocycles. The second-order valence-corrected chi connectivity index (χ2v) is 6.95. The Morgan fingerprint density at radius 3 is 3.04 bits per heavy atom. The number of aromatic nitrogens is 3. The maximum Gasteiger partial charge on any atom is 0.223 e. The van der Waals surface area contributed by atoms with E-state index in [-0.39, 0.29) is 5.91 Å². The van der Waals surface area contributed by atoms with E-state index < -0.39 is 0 Å². The molecule has 1 saturated heterocycles. The lowest BCUT2D eigenvalue weighted by Crippen LogP contribution is -2.40. The summed E-state index contributed by atoms with van der Waals surface area (Å²) in [4.78, 5) is 21.1. The number of hydrogen-bond donors (Lipinski definition) is 1. The monoisotopic (exact) mass is 341 g/mol. The van der Waals surface area contributed by atoms with Crippen LogP contribution in [0, 0.1) is 6.92 Å². The van der Waals surface area contributed by atoms with E-state index in [1.165, 1.54) is 11.3 Å². The van der Waals surface area contributed by atoms with Gasteiger partial charge in [-0.1, -0.05) is 6.07 Å². The summed E-state index contributed by atoms with van der Waals surface area (Å²) in [6, 6.07) is 5.92. The summed E-state index contributed by atoms with van der Waals surface area (Å²) in [6.07, 6.45) is 6.39. The van der Waals surface area contributed by atoms with Gasteiger partial charge in [0.15, 0.2) is 0 Å². The third-order valence-corrected chi connectivity index (χ3v) is 4.92. The van der Waals surface area contributed by atoms with E-state index in [0.717, 1.165) is 44.7 Å². The van der Waals surface area contributed by atoms with Crippen molar-refractivity contribution >= 4 is 5.91 Å². The zero-order chi connectivity index (χ0) is 17.6. The predicted octanol–water partition coefficient (Wildman–Crippen LogP) is 2.34. The minimum Gasteiger partial charge on any atom is -0.342 e. The first-order chi connectivity index (χ1) is 12.1. The zero-order valence-corrected chi connectivity index (χ0v) is 15.1. The highest BCUT2D eigenvalue weighted by molar-refractivity contribution is 5.76. The number of hydrogen-bond acceptors (Lipinski definition) is 4. The number of amides is 1. The number of aryl methyl sites for hydroxylation is 1. The van der Waals surface area contributed by atoms with Crippen LogP contribution in [0.2, 0.25) is 0 Å². The Morgan fingerprint density at radius 1 is 1.44 bits per heavy atom. The topological polar surface area (TPSA) is 65.1 Å². The van der Waals surface area contributed by atoms with E-state index in [9.17, 15) is 4.79 Å². The van der Waals surface area contributed by atoms with Crippen molar-refractivity contribution in [2.75, 3.05) is 26.7 Å². The van der Waals surface area contributed by atoms with Crippen LogP contribution in [0.25, 0.3) is 0 Å². The van der Waals surface area contributed by atoms with E-state index in [0.29, 0.717) is 12.3 Å². The molecule has 2 aromatic heterocycles. The van der Waals surface area contributed by atoms with Gasteiger partial charge in [-0.05, 0) is 44.5 Å². The number of nitrogens with zero attached hydrogens (tertiary/aromatic N) is 4. The molecular formula is C19H27N5O. The van der Waals surface area contributed by atoms with Gasteiger partial charge in [0.1, 0.15) is 0 Å². The Kier molecular flexibility index (Phi) is 5.81. The van der Waals surface area contributed by atoms with Gasteiger partial charge in [-0.3, -0.25) is 14.9 Å². The van der Waals surface area contributed by atoms with Gasteiger partial charge in [0.2, 0.25) is 5.91 Å². The molecule has 2 aromatic rings. The molecule has 1 atom stereocenters. The summed E-state index contributed by atoms with van der Waals surface area (Å²) in [7, 11) is 2.04. The fraction of sp³-hybridized carbons (Fsp3) is 0.526. The average molecular weight is 341 g/mol. The van der Waals surface area contributed by atoms with E-state index in [2.05, 4.69) is 27.0 Å². The van der Waals surface area contributed by atoms with Gasteiger partial charge < -0.3 is 9.80 Å². The Hall–Kier alpha value is -2.21. The van der Waals surface area contributed by atoms with Crippen LogP contribution in [0.5, 0.6) is 0 Å². The molecule has 6 heteroatoms. The molecule has 0 saturated carbocycles. The van der Waals surface area contributed by atoms with Crippen molar-refractivity contribution in [1.29, 1.82) is 0 Å². The Labute approximate surface area is 149 Å². The molecule has 1 fully saturated rings. The molecule has 1 N–H and O–H groups in total. The highest BCUT2D eigenvalue weighted by Gasteiger charge is 2.26. The minimum absolute atomic E-state index is 0.245. The third kappa shape index (κ3) is 4.66. The highest BCUT2D eigenvalue weighted by Crippen LogP contribution is 2.27. The Bertz CT molecular complexity index is 684. The molecule has 6 nitrogen and oxygen atoms in total. The molecule has 0 bridgehead atoms. The van der Waals surface area contributed by atoms with Crippen molar-refractivity contribution in [2.45, 2.75) is 38.6 Å². The van der Waals surface area contributed by atoms with Gasteiger partial charge in [0, 0.05) is 50.4 Å². The van der Waals surface area contributed by atoms with Crippen LogP contribution >= 0.6 is 0 Å². The van der Waals surface area contributed by atoms with Gasteiger partial charge in [-0.25, -0.2) is 0 Å². The zero-order valence-electron chi connectivity index (χ0n) is 15.1. The fourth-order valence-corrected chi connectivity index (χ4v) is 3.50.